The molecule has 0 aliphatic heterocycles. The number of phenols is 1. The molecule has 0 atom stereocenters. The van der Waals surface area contributed by atoms with Gasteiger partial charge in [-0.25, -0.2) is 0 Å². The second kappa shape index (κ2) is 5.95. The van der Waals surface area contributed by atoms with E-state index in [9.17, 15) is 5.11 Å². The van der Waals surface area contributed by atoms with Crippen LogP contribution in [0.2, 0.25) is 25.1 Å². The van der Waals surface area contributed by atoms with E-state index in [0.29, 0.717) is 0 Å². The molecule has 0 saturated carbocycles. The van der Waals surface area contributed by atoms with Crippen molar-refractivity contribution in [1.29, 1.82) is 0 Å². The Morgan fingerprint density at radius 3 is 1.15 bits per heavy atom. The average molecular weight is 404 g/mol. The third-order valence-electron chi connectivity index (χ3n) is 1.19. The van der Waals surface area contributed by atoms with Gasteiger partial charge in [0, 0.05) is 48.9 Å². The Bertz CT molecular complexity index is 235. The Morgan fingerprint density at radius 1 is 0.615 bits per heavy atom. The molecular weight excluding hydrogens is 403 g/mol. The van der Waals surface area contributed by atoms with E-state index in [1.165, 1.54) is 0 Å². The van der Waals surface area contributed by atoms with Crippen LogP contribution in [0.4, 0.5) is 0 Å². The molecule has 0 amide bonds. The smallest absolute Gasteiger partial charge is 0.155 e. The Balaban J connectivity index is 0.00000144. The standard InChI is InChI=1S/C6HCl5O.Ba/c7-1-2(8)4(10)6(12)5(11)3(1)9;/h12H;. The number of rotatable bonds is 0. The van der Waals surface area contributed by atoms with Crippen LogP contribution in [-0.4, -0.2) is 54.0 Å². The van der Waals surface area contributed by atoms with Gasteiger partial charge in [0.05, 0.1) is 15.1 Å². The second-order valence-corrected chi connectivity index (χ2v) is 3.81. The van der Waals surface area contributed by atoms with Gasteiger partial charge in [-0.05, 0) is 0 Å². The molecule has 1 rings (SSSR count). The first-order chi connectivity index (χ1) is 5.46. The normalized spacial score (nSPS) is 9.62. The first-order valence-corrected chi connectivity index (χ1v) is 4.56. The van der Waals surface area contributed by atoms with Crippen molar-refractivity contribution < 1.29 is 5.11 Å². The second-order valence-electron chi connectivity index (χ2n) is 1.92. The van der Waals surface area contributed by atoms with Gasteiger partial charge in [-0.15, -0.1) is 0 Å². The zero-order valence-corrected chi connectivity index (χ0v) is 14.3. The molecule has 0 bridgehead atoms. The fourth-order valence-electron chi connectivity index (χ4n) is 0.593. The summed E-state index contributed by atoms with van der Waals surface area (Å²) in [5.41, 5.74) is 0. The van der Waals surface area contributed by atoms with Crippen molar-refractivity contribution in [3.8, 4) is 5.75 Å². The van der Waals surface area contributed by atoms with Crippen LogP contribution < -0.4 is 0 Å². The van der Waals surface area contributed by atoms with E-state index < -0.39 is 0 Å². The maximum absolute atomic E-state index is 9.20. The molecule has 0 aromatic heterocycles. The number of benzene rings is 1. The summed E-state index contributed by atoms with van der Waals surface area (Å²) in [6.45, 7) is 0. The van der Waals surface area contributed by atoms with Crippen molar-refractivity contribution in [2.24, 2.45) is 0 Å². The van der Waals surface area contributed by atoms with Crippen LogP contribution in [-0.2, 0) is 0 Å². The molecule has 0 saturated heterocycles. The van der Waals surface area contributed by atoms with Gasteiger partial charge >= 0.3 is 0 Å². The minimum atomic E-state index is -0.363. The minimum Gasteiger partial charge on any atom is -0.505 e. The molecule has 2 radical (unpaired) electrons. The zero-order valence-electron chi connectivity index (χ0n) is 6.04. The number of hydrogen-bond acceptors (Lipinski definition) is 1. The largest absolute Gasteiger partial charge is 0.505 e. The summed E-state index contributed by atoms with van der Waals surface area (Å²) in [4.78, 5) is 0. The molecule has 1 aromatic carbocycles. The molecule has 1 aromatic rings. The number of phenolic OH excluding ortho intramolecular Hbond substituents is 1. The molecule has 0 heterocycles. The van der Waals surface area contributed by atoms with E-state index in [1.807, 2.05) is 0 Å². The molecule has 13 heavy (non-hydrogen) atoms. The molecule has 0 aliphatic rings. The van der Waals surface area contributed by atoms with Crippen molar-refractivity contribution in [2.75, 3.05) is 0 Å². The fourth-order valence-corrected chi connectivity index (χ4v) is 1.72. The summed E-state index contributed by atoms with van der Waals surface area (Å²) in [5, 5.41) is 9.01. The molecule has 1 N–H and O–H groups in total. The quantitative estimate of drug-likeness (QED) is 0.389. The van der Waals surface area contributed by atoms with Gasteiger partial charge in [-0.2, -0.15) is 0 Å². The number of aromatic hydroxyl groups is 1. The summed E-state index contributed by atoms with van der Waals surface area (Å²) < 4.78 is 0. The maximum Gasteiger partial charge on any atom is 0.155 e. The summed E-state index contributed by atoms with van der Waals surface area (Å²) in [6, 6.07) is 0. The fraction of sp³-hybridized carbons (Fsp3) is 0. The van der Waals surface area contributed by atoms with Crippen molar-refractivity contribution in [3.05, 3.63) is 25.1 Å². The van der Waals surface area contributed by atoms with Crippen LogP contribution in [0.3, 0.4) is 0 Å². The van der Waals surface area contributed by atoms with E-state index in [1.54, 1.807) is 0 Å². The van der Waals surface area contributed by atoms with Crippen molar-refractivity contribution in [3.63, 3.8) is 0 Å². The molecule has 68 valence electrons. The van der Waals surface area contributed by atoms with Crippen LogP contribution in [0.1, 0.15) is 0 Å². The summed E-state index contributed by atoms with van der Waals surface area (Å²) in [6.07, 6.45) is 0. The van der Waals surface area contributed by atoms with Gasteiger partial charge in [0.1, 0.15) is 10.0 Å². The summed E-state index contributed by atoms with van der Waals surface area (Å²) >= 11 is 27.9. The summed E-state index contributed by atoms with van der Waals surface area (Å²) in [5.74, 6) is -0.363. The summed E-state index contributed by atoms with van der Waals surface area (Å²) in [7, 11) is 0. The predicted octanol–water partition coefficient (Wildman–Crippen LogP) is 4.28. The van der Waals surface area contributed by atoms with E-state index in [-0.39, 0.29) is 79.7 Å². The van der Waals surface area contributed by atoms with Crippen LogP contribution in [0.5, 0.6) is 5.75 Å². The molecular formula is C6HBaCl5O. The van der Waals surface area contributed by atoms with Gasteiger partial charge < -0.3 is 5.11 Å². The van der Waals surface area contributed by atoms with E-state index in [4.69, 9.17) is 58.0 Å². The average Bonchev–Trinajstić information content (AvgIpc) is 2.08. The zero-order chi connectivity index (χ0) is 9.46. The third kappa shape index (κ3) is 3.00. The molecule has 1 nitrogen and oxygen atoms in total. The SMILES string of the molecule is Oc1c(Cl)c(Cl)c(Cl)c(Cl)c1Cl.[Ba]. The maximum atomic E-state index is 9.20. The van der Waals surface area contributed by atoms with Crippen molar-refractivity contribution >= 4 is 107 Å². The number of halogens is 5. The van der Waals surface area contributed by atoms with E-state index in [0.717, 1.165) is 0 Å². The van der Waals surface area contributed by atoms with Gasteiger partial charge in [0.2, 0.25) is 0 Å². The van der Waals surface area contributed by atoms with Gasteiger partial charge in [0.25, 0.3) is 0 Å². The molecule has 0 spiro atoms. The molecule has 0 fully saturated rings. The van der Waals surface area contributed by atoms with Crippen molar-refractivity contribution in [1.82, 2.24) is 0 Å². The van der Waals surface area contributed by atoms with Crippen LogP contribution >= 0.6 is 58.0 Å². The first kappa shape index (κ1) is 15.0. The van der Waals surface area contributed by atoms with Gasteiger partial charge in [-0.3, -0.25) is 0 Å². The number of hydrogen-bond donors (Lipinski definition) is 1. The van der Waals surface area contributed by atoms with Gasteiger partial charge in [-0.1, -0.05) is 58.0 Å². The van der Waals surface area contributed by atoms with Crippen LogP contribution in [0.15, 0.2) is 0 Å². The van der Waals surface area contributed by atoms with Gasteiger partial charge in [0.15, 0.2) is 5.75 Å². The van der Waals surface area contributed by atoms with Crippen molar-refractivity contribution in [2.45, 2.75) is 0 Å². The first-order valence-electron chi connectivity index (χ1n) is 2.67. The minimum absolute atomic E-state index is 0. The van der Waals surface area contributed by atoms with E-state index >= 15 is 0 Å². The topological polar surface area (TPSA) is 20.2 Å². The predicted molar refractivity (Wildman–Crippen MR) is 58.9 cm³/mol. The monoisotopic (exact) mass is 402 g/mol. The Labute approximate surface area is 140 Å². The Kier molecular flexibility index (Phi) is 6.88. The molecule has 0 unspecified atom stereocenters. The molecule has 0 aliphatic carbocycles. The van der Waals surface area contributed by atoms with Crippen LogP contribution in [0.25, 0.3) is 0 Å². The van der Waals surface area contributed by atoms with E-state index in [2.05, 4.69) is 0 Å². The Morgan fingerprint density at radius 2 is 0.846 bits per heavy atom. The molecule has 7 heteroatoms. The Hall–Kier alpha value is 2.04. The third-order valence-corrected chi connectivity index (χ3v) is 3.44. The van der Waals surface area contributed by atoms with Crippen LogP contribution in [0, 0.1) is 0 Å².